The average molecular weight is 457 g/mol. The highest BCUT2D eigenvalue weighted by Crippen LogP contribution is 2.34. The molecule has 2 fully saturated rings. The van der Waals surface area contributed by atoms with Gasteiger partial charge in [0.1, 0.15) is 11.4 Å². The second-order valence-corrected chi connectivity index (χ2v) is 10.0. The summed E-state index contributed by atoms with van der Waals surface area (Å²) < 4.78 is 46.6. The van der Waals surface area contributed by atoms with E-state index in [0.29, 0.717) is 11.8 Å². The fourth-order valence-electron chi connectivity index (χ4n) is 4.92. The number of carbonyl (C=O) groups excluding carboxylic acids is 1. The molecule has 0 radical (unpaired) electrons. The van der Waals surface area contributed by atoms with Crippen LogP contribution in [-0.4, -0.2) is 37.2 Å². The van der Waals surface area contributed by atoms with Crippen molar-refractivity contribution in [3.05, 3.63) is 24.3 Å². The summed E-state index contributed by atoms with van der Waals surface area (Å²) in [5, 5.41) is 3.10. The van der Waals surface area contributed by atoms with Crippen molar-refractivity contribution >= 4 is 11.8 Å². The molecule has 1 N–H and O–H groups in total. The number of alkyl carbamates (subject to hydrolysis) is 1. The Morgan fingerprint density at radius 2 is 1.75 bits per heavy atom. The third-order valence-electron chi connectivity index (χ3n) is 6.20. The molecule has 1 amide bonds. The Hall–Kier alpha value is -2.12. The van der Waals surface area contributed by atoms with Gasteiger partial charge in [0.2, 0.25) is 0 Å². The zero-order chi connectivity index (χ0) is 23.4. The zero-order valence-corrected chi connectivity index (χ0v) is 19.2. The molecule has 0 spiro atoms. The lowest BCUT2D eigenvalue weighted by molar-refractivity contribution is -0.274. The Balaban J connectivity index is 1.56. The number of nitrogens with zero attached hydrogens (tertiary/aromatic N) is 1. The van der Waals surface area contributed by atoms with Crippen LogP contribution in [0.3, 0.4) is 0 Å². The van der Waals surface area contributed by atoms with Crippen molar-refractivity contribution in [2.45, 2.75) is 83.7 Å². The molecule has 1 aliphatic heterocycles. The van der Waals surface area contributed by atoms with Gasteiger partial charge in [0, 0.05) is 24.8 Å². The van der Waals surface area contributed by atoms with E-state index in [1.165, 1.54) is 18.6 Å². The number of piperidine rings is 1. The molecule has 8 heteroatoms. The van der Waals surface area contributed by atoms with Gasteiger partial charge in [-0.2, -0.15) is 0 Å². The van der Waals surface area contributed by atoms with E-state index in [4.69, 9.17) is 4.74 Å². The molecule has 1 aromatic carbocycles. The molecule has 1 aromatic rings. The highest BCUT2D eigenvalue weighted by molar-refractivity contribution is 5.68. The molecule has 1 saturated carbocycles. The number of ether oxygens (including phenoxy) is 2. The number of halogens is 3. The van der Waals surface area contributed by atoms with Crippen molar-refractivity contribution in [1.82, 2.24) is 5.32 Å². The van der Waals surface area contributed by atoms with Crippen LogP contribution in [-0.2, 0) is 4.74 Å². The molecule has 180 valence electrons. The van der Waals surface area contributed by atoms with Crippen LogP contribution in [0, 0.1) is 11.8 Å². The van der Waals surface area contributed by atoms with Gasteiger partial charge in [-0.1, -0.05) is 12.8 Å². The first-order valence-electron chi connectivity index (χ1n) is 11.6. The summed E-state index contributed by atoms with van der Waals surface area (Å²) in [5.74, 6) is 0.706. The smallest absolute Gasteiger partial charge is 0.444 e. The topological polar surface area (TPSA) is 50.8 Å². The van der Waals surface area contributed by atoms with Crippen molar-refractivity contribution in [2.75, 3.05) is 18.0 Å². The molecular weight excluding hydrogens is 421 g/mol. The van der Waals surface area contributed by atoms with Gasteiger partial charge in [0.25, 0.3) is 0 Å². The molecule has 0 aromatic heterocycles. The van der Waals surface area contributed by atoms with Crippen LogP contribution >= 0.6 is 0 Å². The zero-order valence-electron chi connectivity index (χ0n) is 19.2. The highest BCUT2D eigenvalue weighted by atomic mass is 19.4. The lowest BCUT2D eigenvalue weighted by Crippen LogP contribution is -2.46. The molecule has 0 unspecified atom stereocenters. The Kier molecular flexibility index (Phi) is 7.83. The fraction of sp³-hybridized carbons (Fsp3) is 0.708. The van der Waals surface area contributed by atoms with E-state index in [-0.39, 0.29) is 17.9 Å². The quantitative estimate of drug-likeness (QED) is 0.567. The molecule has 1 saturated heterocycles. The van der Waals surface area contributed by atoms with Gasteiger partial charge in [0.15, 0.2) is 0 Å². The number of anilines is 1. The Labute approximate surface area is 188 Å². The van der Waals surface area contributed by atoms with Crippen LogP contribution < -0.4 is 15.0 Å². The minimum atomic E-state index is -4.68. The van der Waals surface area contributed by atoms with E-state index in [2.05, 4.69) is 15.0 Å². The van der Waals surface area contributed by atoms with Crippen molar-refractivity contribution in [1.29, 1.82) is 0 Å². The van der Waals surface area contributed by atoms with E-state index < -0.39 is 12.0 Å². The average Bonchev–Trinajstić information content (AvgIpc) is 2.68. The molecule has 32 heavy (non-hydrogen) atoms. The Morgan fingerprint density at radius 3 is 2.41 bits per heavy atom. The first kappa shape index (κ1) is 24.5. The van der Waals surface area contributed by atoms with Crippen LogP contribution in [0.15, 0.2) is 24.3 Å². The standard InChI is InChI=1S/C24H35F3N2O3/c1-23(2,3)32-22(30)28-21-9-5-4-8-18(21)15-17-7-6-14-29(16-17)19-10-12-20(13-11-19)31-24(25,26)27/h10-13,17-18,21H,4-9,14-16H2,1-3H3,(H,28,30)/t17-,18+,21-/m1/s1. The summed E-state index contributed by atoms with van der Waals surface area (Å²) in [4.78, 5) is 14.5. The summed E-state index contributed by atoms with van der Waals surface area (Å²) in [5.41, 5.74) is 0.398. The summed E-state index contributed by atoms with van der Waals surface area (Å²) >= 11 is 0. The largest absolute Gasteiger partial charge is 0.573 e. The van der Waals surface area contributed by atoms with Gasteiger partial charge in [0.05, 0.1) is 0 Å². The second-order valence-electron chi connectivity index (χ2n) is 10.0. The molecule has 3 atom stereocenters. The minimum Gasteiger partial charge on any atom is -0.444 e. The van der Waals surface area contributed by atoms with Crippen LogP contribution in [0.5, 0.6) is 5.75 Å². The van der Waals surface area contributed by atoms with Crippen LogP contribution in [0.4, 0.5) is 23.7 Å². The number of alkyl halides is 3. The van der Waals surface area contributed by atoms with Gasteiger partial charge in [-0.15, -0.1) is 13.2 Å². The first-order valence-corrected chi connectivity index (χ1v) is 11.6. The molecule has 0 bridgehead atoms. The number of rotatable bonds is 5. The van der Waals surface area contributed by atoms with Crippen LogP contribution in [0.1, 0.15) is 65.7 Å². The number of hydrogen-bond donors (Lipinski definition) is 1. The van der Waals surface area contributed by atoms with Gasteiger partial charge < -0.3 is 19.7 Å². The molecule has 2 aliphatic rings. The van der Waals surface area contributed by atoms with Crippen molar-refractivity contribution < 1.29 is 27.4 Å². The lowest BCUT2D eigenvalue weighted by Gasteiger charge is -2.39. The number of amides is 1. The highest BCUT2D eigenvalue weighted by Gasteiger charge is 2.33. The Morgan fingerprint density at radius 1 is 1.06 bits per heavy atom. The summed E-state index contributed by atoms with van der Waals surface area (Å²) in [6.07, 6.45) is 2.54. The van der Waals surface area contributed by atoms with E-state index in [0.717, 1.165) is 57.3 Å². The van der Waals surface area contributed by atoms with Crippen LogP contribution in [0.2, 0.25) is 0 Å². The first-order chi connectivity index (χ1) is 15.0. The van der Waals surface area contributed by atoms with Crippen LogP contribution in [0.25, 0.3) is 0 Å². The lowest BCUT2D eigenvalue weighted by atomic mass is 9.77. The maximum atomic E-state index is 12.4. The van der Waals surface area contributed by atoms with E-state index in [1.807, 2.05) is 20.8 Å². The number of carbonyl (C=O) groups is 1. The maximum absolute atomic E-state index is 12.4. The van der Waals surface area contributed by atoms with E-state index >= 15 is 0 Å². The van der Waals surface area contributed by atoms with Gasteiger partial charge in [-0.25, -0.2) is 4.79 Å². The number of hydrogen-bond acceptors (Lipinski definition) is 4. The third-order valence-corrected chi connectivity index (χ3v) is 6.20. The van der Waals surface area contributed by atoms with E-state index in [9.17, 15) is 18.0 Å². The molecule has 3 rings (SSSR count). The maximum Gasteiger partial charge on any atom is 0.573 e. The normalized spacial score (nSPS) is 24.7. The predicted octanol–water partition coefficient (Wildman–Crippen LogP) is 6.28. The summed E-state index contributed by atoms with van der Waals surface area (Å²) in [6.45, 7) is 7.35. The minimum absolute atomic E-state index is 0.132. The second kappa shape index (κ2) is 10.2. The predicted molar refractivity (Wildman–Crippen MR) is 118 cm³/mol. The summed E-state index contributed by atoms with van der Waals surface area (Å²) in [7, 11) is 0. The van der Waals surface area contributed by atoms with Crippen molar-refractivity contribution in [2.24, 2.45) is 11.8 Å². The van der Waals surface area contributed by atoms with Gasteiger partial charge in [-0.3, -0.25) is 0 Å². The van der Waals surface area contributed by atoms with Gasteiger partial charge >= 0.3 is 12.5 Å². The molecule has 1 aliphatic carbocycles. The summed E-state index contributed by atoms with van der Waals surface area (Å²) in [6, 6.07) is 6.25. The fourth-order valence-corrected chi connectivity index (χ4v) is 4.92. The van der Waals surface area contributed by atoms with Crippen molar-refractivity contribution in [3.8, 4) is 5.75 Å². The van der Waals surface area contributed by atoms with E-state index in [1.54, 1.807) is 12.1 Å². The number of nitrogens with one attached hydrogen (secondary N) is 1. The SMILES string of the molecule is CC(C)(C)OC(=O)N[C@@H]1CCCC[C@H]1C[C@H]1CCCN(c2ccc(OC(F)(F)F)cc2)C1. The molecule has 5 nitrogen and oxygen atoms in total. The number of benzene rings is 1. The monoisotopic (exact) mass is 456 g/mol. The van der Waals surface area contributed by atoms with Crippen molar-refractivity contribution in [3.63, 3.8) is 0 Å². The molecular formula is C24H35F3N2O3. The molecule has 1 heterocycles. The Bertz CT molecular complexity index is 746. The van der Waals surface area contributed by atoms with Gasteiger partial charge in [-0.05, 0) is 89.0 Å². The third kappa shape index (κ3) is 7.78.